The Morgan fingerprint density at radius 3 is 2.67 bits per heavy atom. The molecule has 2 aromatic carbocycles. The Balaban J connectivity index is 1.31. The molecule has 2 heterocycles. The molecule has 5 rings (SSSR count). The monoisotopic (exact) mass is 501 g/mol. The van der Waals surface area contributed by atoms with Crippen molar-refractivity contribution in [2.75, 3.05) is 10.0 Å². The lowest BCUT2D eigenvalue weighted by atomic mass is 9.96. The van der Waals surface area contributed by atoms with Gasteiger partial charge in [-0.05, 0) is 67.6 Å². The number of halogens is 1. The van der Waals surface area contributed by atoms with E-state index in [1.54, 1.807) is 36.8 Å². The summed E-state index contributed by atoms with van der Waals surface area (Å²) >= 11 is 1.45. The van der Waals surface area contributed by atoms with Crippen LogP contribution in [0.1, 0.15) is 37.7 Å². The summed E-state index contributed by atoms with van der Waals surface area (Å²) in [6, 6.07) is 16.8. The highest BCUT2D eigenvalue weighted by Crippen LogP contribution is 2.34. The van der Waals surface area contributed by atoms with Gasteiger partial charge in [-0.25, -0.2) is 14.4 Å². The van der Waals surface area contributed by atoms with E-state index in [0.29, 0.717) is 34.7 Å². The fraction of sp³-hybridized carbons (Fsp3) is 0.250. The van der Waals surface area contributed by atoms with Crippen molar-refractivity contribution in [2.24, 2.45) is 0 Å². The minimum Gasteiger partial charge on any atom is -0.453 e. The maximum absolute atomic E-state index is 15.0. The Morgan fingerprint density at radius 2 is 1.83 bits per heavy atom. The SMILES string of the molecule is Cc1ccccc1SNc1ccc(Oc2ccncc2-c2ccnc(NC3CCCCC3)n2)c(F)c1. The van der Waals surface area contributed by atoms with E-state index in [2.05, 4.69) is 25.0 Å². The summed E-state index contributed by atoms with van der Waals surface area (Å²) < 4.78 is 24.2. The standard InChI is InChI=1S/C28H28FN5OS/c1-19-7-5-6-10-27(19)36-34-21-11-12-26(23(29)17-21)35-25-14-15-30-18-22(25)24-13-16-31-28(33-24)32-20-8-3-2-4-9-20/h5-7,10-18,20,34H,2-4,8-9H2,1H3,(H,31,32,33). The van der Waals surface area contributed by atoms with Crippen LogP contribution in [0.5, 0.6) is 11.5 Å². The molecule has 0 aliphatic heterocycles. The van der Waals surface area contributed by atoms with Crippen LogP contribution in [-0.2, 0) is 0 Å². The number of nitrogens with zero attached hydrogens (tertiary/aromatic N) is 3. The summed E-state index contributed by atoms with van der Waals surface area (Å²) in [4.78, 5) is 14.4. The summed E-state index contributed by atoms with van der Waals surface area (Å²) in [6.07, 6.45) is 11.0. The first-order chi connectivity index (χ1) is 17.7. The van der Waals surface area contributed by atoms with Gasteiger partial charge >= 0.3 is 0 Å². The van der Waals surface area contributed by atoms with Crippen LogP contribution in [0.25, 0.3) is 11.3 Å². The summed E-state index contributed by atoms with van der Waals surface area (Å²) in [7, 11) is 0. The van der Waals surface area contributed by atoms with E-state index in [-0.39, 0.29) is 5.75 Å². The molecule has 6 nitrogen and oxygen atoms in total. The highest BCUT2D eigenvalue weighted by atomic mass is 32.2. The van der Waals surface area contributed by atoms with E-state index in [1.165, 1.54) is 37.3 Å². The molecule has 1 aliphatic carbocycles. The topological polar surface area (TPSA) is 72.0 Å². The average Bonchev–Trinajstić information content (AvgIpc) is 2.91. The van der Waals surface area contributed by atoms with Crippen molar-refractivity contribution >= 4 is 23.6 Å². The number of hydrogen-bond acceptors (Lipinski definition) is 7. The number of anilines is 2. The van der Waals surface area contributed by atoms with Crippen molar-refractivity contribution in [1.82, 2.24) is 15.0 Å². The fourth-order valence-electron chi connectivity index (χ4n) is 4.22. The van der Waals surface area contributed by atoms with Gasteiger partial charge in [0.15, 0.2) is 11.6 Å². The van der Waals surface area contributed by atoms with E-state index in [0.717, 1.165) is 23.3 Å². The van der Waals surface area contributed by atoms with Crippen molar-refractivity contribution in [2.45, 2.75) is 50.0 Å². The predicted molar refractivity (Wildman–Crippen MR) is 143 cm³/mol. The fourth-order valence-corrected chi connectivity index (χ4v) is 4.95. The van der Waals surface area contributed by atoms with Crippen molar-refractivity contribution in [3.8, 4) is 22.8 Å². The summed E-state index contributed by atoms with van der Waals surface area (Å²) in [5, 5.41) is 3.45. The Morgan fingerprint density at radius 1 is 0.972 bits per heavy atom. The number of hydrogen-bond donors (Lipinski definition) is 2. The zero-order valence-electron chi connectivity index (χ0n) is 20.1. The van der Waals surface area contributed by atoms with Crippen molar-refractivity contribution in [1.29, 1.82) is 0 Å². The molecular weight excluding hydrogens is 473 g/mol. The summed E-state index contributed by atoms with van der Waals surface area (Å²) in [5.41, 5.74) is 3.14. The van der Waals surface area contributed by atoms with Crippen LogP contribution >= 0.6 is 11.9 Å². The van der Waals surface area contributed by atoms with Crippen molar-refractivity contribution < 1.29 is 9.13 Å². The van der Waals surface area contributed by atoms with Gasteiger partial charge in [0.25, 0.3) is 0 Å². The third-order valence-corrected chi connectivity index (χ3v) is 7.19. The van der Waals surface area contributed by atoms with Crippen LogP contribution in [0.2, 0.25) is 0 Å². The van der Waals surface area contributed by atoms with E-state index >= 15 is 0 Å². The normalized spacial score (nSPS) is 13.8. The number of benzene rings is 2. The average molecular weight is 502 g/mol. The van der Waals surface area contributed by atoms with Crippen LogP contribution < -0.4 is 14.8 Å². The van der Waals surface area contributed by atoms with Gasteiger partial charge in [0.2, 0.25) is 5.95 Å². The maximum atomic E-state index is 15.0. The minimum atomic E-state index is -0.463. The van der Waals surface area contributed by atoms with Crippen LogP contribution in [0, 0.1) is 12.7 Å². The van der Waals surface area contributed by atoms with Gasteiger partial charge in [-0.2, -0.15) is 0 Å². The second kappa shape index (κ2) is 11.4. The van der Waals surface area contributed by atoms with Crippen LogP contribution in [0.4, 0.5) is 16.0 Å². The second-order valence-corrected chi connectivity index (χ2v) is 9.68. The zero-order valence-corrected chi connectivity index (χ0v) is 20.9. The van der Waals surface area contributed by atoms with Gasteiger partial charge < -0.3 is 14.8 Å². The molecule has 4 aromatic rings. The third-order valence-electron chi connectivity index (χ3n) is 6.18. The highest BCUT2D eigenvalue weighted by molar-refractivity contribution is 8.00. The third kappa shape index (κ3) is 5.94. The lowest BCUT2D eigenvalue weighted by Gasteiger charge is -2.22. The maximum Gasteiger partial charge on any atom is 0.223 e. The number of aryl methyl sites for hydroxylation is 1. The first kappa shape index (κ1) is 24.1. The summed E-state index contributed by atoms with van der Waals surface area (Å²) in [5.74, 6) is 0.724. The second-order valence-electron chi connectivity index (χ2n) is 8.83. The molecule has 8 heteroatoms. The van der Waals surface area contributed by atoms with Crippen molar-refractivity contribution in [3.05, 3.63) is 84.6 Å². The van der Waals surface area contributed by atoms with E-state index < -0.39 is 5.82 Å². The molecule has 2 N–H and O–H groups in total. The molecule has 1 aliphatic rings. The zero-order chi connectivity index (χ0) is 24.7. The first-order valence-electron chi connectivity index (χ1n) is 12.2. The molecule has 2 aromatic heterocycles. The van der Waals surface area contributed by atoms with E-state index in [4.69, 9.17) is 4.74 Å². The Labute approximate surface area is 214 Å². The van der Waals surface area contributed by atoms with Gasteiger partial charge in [0, 0.05) is 41.3 Å². The number of pyridine rings is 1. The highest BCUT2D eigenvalue weighted by Gasteiger charge is 2.16. The van der Waals surface area contributed by atoms with Gasteiger partial charge in [0.1, 0.15) is 5.75 Å². The molecule has 0 spiro atoms. The first-order valence-corrected chi connectivity index (χ1v) is 13.0. The van der Waals surface area contributed by atoms with Gasteiger partial charge in [-0.15, -0.1) is 0 Å². The van der Waals surface area contributed by atoms with Gasteiger partial charge in [0.05, 0.1) is 11.3 Å². The molecule has 0 saturated heterocycles. The van der Waals surface area contributed by atoms with Crippen LogP contribution in [0.15, 0.2) is 78.1 Å². The molecule has 0 radical (unpaired) electrons. The Bertz CT molecular complexity index is 1330. The van der Waals surface area contributed by atoms with Gasteiger partial charge in [-0.1, -0.05) is 37.5 Å². The Kier molecular flexibility index (Phi) is 7.61. The van der Waals surface area contributed by atoms with Gasteiger partial charge in [-0.3, -0.25) is 4.98 Å². The number of ether oxygens (including phenoxy) is 1. The van der Waals surface area contributed by atoms with E-state index in [9.17, 15) is 4.39 Å². The summed E-state index contributed by atoms with van der Waals surface area (Å²) in [6.45, 7) is 2.04. The number of rotatable bonds is 8. The van der Waals surface area contributed by atoms with Crippen LogP contribution in [-0.4, -0.2) is 21.0 Å². The Hall–Kier alpha value is -3.65. The van der Waals surface area contributed by atoms with E-state index in [1.807, 2.05) is 37.3 Å². The molecule has 1 fully saturated rings. The quantitative estimate of drug-likeness (QED) is 0.240. The van der Waals surface area contributed by atoms with Crippen LogP contribution in [0.3, 0.4) is 0 Å². The number of nitrogens with one attached hydrogen (secondary N) is 2. The molecule has 184 valence electrons. The predicted octanol–water partition coefficient (Wildman–Crippen LogP) is 7.64. The molecule has 0 amide bonds. The lowest BCUT2D eigenvalue weighted by molar-refractivity contribution is 0.443. The number of aromatic nitrogens is 3. The molecule has 0 atom stereocenters. The molecule has 0 unspecified atom stereocenters. The molecule has 36 heavy (non-hydrogen) atoms. The minimum absolute atomic E-state index is 0.128. The van der Waals surface area contributed by atoms with Crippen molar-refractivity contribution in [3.63, 3.8) is 0 Å². The molecular formula is C28H28FN5OS. The smallest absolute Gasteiger partial charge is 0.223 e. The molecule has 0 bridgehead atoms. The molecule has 1 saturated carbocycles. The largest absolute Gasteiger partial charge is 0.453 e. The lowest BCUT2D eigenvalue weighted by Crippen LogP contribution is -2.23.